The Morgan fingerprint density at radius 2 is 2.14 bits per heavy atom. The average molecular weight is 313 g/mol. The second-order valence-electron chi connectivity index (χ2n) is 5.33. The monoisotopic (exact) mass is 313 g/mol. The molecule has 1 aromatic carbocycles. The molecule has 4 nitrogen and oxygen atoms in total. The molecule has 0 saturated carbocycles. The fraction of sp³-hybridized carbons (Fsp3) is 0.294. The molecule has 0 radical (unpaired) electrons. The van der Waals surface area contributed by atoms with Gasteiger partial charge in [0.15, 0.2) is 0 Å². The molecule has 0 bridgehead atoms. The molecule has 0 saturated heterocycles. The predicted octanol–water partition coefficient (Wildman–Crippen LogP) is 4.33. The van der Waals surface area contributed by atoms with E-state index in [1.54, 1.807) is 29.7 Å². The van der Waals surface area contributed by atoms with Gasteiger partial charge in [-0.1, -0.05) is 19.1 Å². The summed E-state index contributed by atoms with van der Waals surface area (Å²) in [4.78, 5) is 10.4. The summed E-state index contributed by atoms with van der Waals surface area (Å²) in [5.74, 6) is 1.11. The van der Waals surface area contributed by atoms with Crippen LogP contribution >= 0.6 is 11.3 Å². The van der Waals surface area contributed by atoms with Crippen LogP contribution in [0.2, 0.25) is 0 Å². The zero-order valence-corrected chi connectivity index (χ0v) is 13.8. The highest BCUT2D eigenvalue weighted by Crippen LogP contribution is 2.32. The molecule has 0 fully saturated rings. The van der Waals surface area contributed by atoms with E-state index in [9.17, 15) is 5.11 Å². The van der Waals surface area contributed by atoms with E-state index >= 15 is 0 Å². The van der Waals surface area contributed by atoms with E-state index in [2.05, 4.69) is 23.4 Å². The van der Waals surface area contributed by atoms with E-state index < -0.39 is 0 Å². The van der Waals surface area contributed by atoms with Crippen LogP contribution in [0.1, 0.15) is 35.0 Å². The summed E-state index contributed by atoms with van der Waals surface area (Å²) < 4.78 is 2.15. The molecule has 0 unspecified atom stereocenters. The Labute approximate surface area is 134 Å². The third-order valence-electron chi connectivity index (χ3n) is 3.83. The van der Waals surface area contributed by atoms with Crippen molar-refractivity contribution in [3.63, 3.8) is 0 Å². The normalized spacial score (nSPS) is 12.5. The minimum absolute atomic E-state index is 0.164. The Morgan fingerprint density at radius 3 is 2.77 bits per heavy atom. The van der Waals surface area contributed by atoms with Crippen LogP contribution in [0.3, 0.4) is 0 Å². The van der Waals surface area contributed by atoms with Crippen molar-refractivity contribution in [3.05, 3.63) is 52.2 Å². The number of thiazole rings is 1. The molecule has 0 aliphatic heterocycles. The largest absolute Gasteiger partial charge is 0.508 e. The Morgan fingerprint density at radius 1 is 1.32 bits per heavy atom. The number of aromatic nitrogens is 3. The zero-order valence-electron chi connectivity index (χ0n) is 12.9. The van der Waals surface area contributed by atoms with Crippen molar-refractivity contribution in [2.24, 2.45) is 0 Å². The van der Waals surface area contributed by atoms with Crippen molar-refractivity contribution in [2.75, 3.05) is 0 Å². The molecule has 2 heterocycles. The minimum Gasteiger partial charge on any atom is -0.508 e. The van der Waals surface area contributed by atoms with Crippen LogP contribution in [0.25, 0.3) is 11.4 Å². The zero-order chi connectivity index (χ0) is 15.7. The molecule has 2 aromatic heterocycles. The van der Waals surface area contributed by atoms with E-state index in [4.69, 9.17) is 4.98 Å². The number of phenolic OH excluding ortho intramolecular Hbond substituents is 1. The smallest absolute Gasteiger partial charge is 0.140 e. The number of benzene rings is 1. The van der Waals surface area contributed by atoms with Crippen LogP contribution in [0.4, 0.5) is 0 Å². The van der Waals surface area contributed by atoms with E-state index in [1.165, 1.54) is 4.88 Å². The van der Waals surface area contributed by atoms with Gasteiger partial charge in [0, 0.05) is 22.8 Å². The van der Waals surface area contributed by atoms with Gasteiger partial charge in [0.25, 0.3) is 0 Å². The van der Waals surface area contributed by atoms with E-state index in [-0.39, 0.29) is 11.8 Å². The van der Waals surface area contributed by atoms with Crippen molar-refractivity contribution in [2.45, 2.75) is 33.2 Å². The molecule has 0 aliphatic rings. The summed E-state index contributed by atoms with van der Waals surface area (Å²) in [7, 11) is 0. The first-order valence-corrected chi connectivity index (χ1v) is 8.18. The first kappa shape index (κ1) is 14.8. The SMILES string of the molecule is CC[C@H](c1nc(C)c(C)s1)n1ccnc1-c1cccc(O)c1. The molecular weight excluding hydrogens is 294 g/mol. The fourth-order valence-electron chi connectivity index (χ4n) is 2.56. The van der Waals surface area contributed by atoms with Crippen LogP contribution < -0.4 is 0 Å². The second kappa shape index (κ2) is 5.93. The number of hydrogen-bond donors (Lipinski definition) is 1. The van der Waals surface area contributed by atoms with Gasteiger partial charge in [-0.2, -0.15) is 0 Å². The van der Waals surface area contributed by atoms with Gasteiger partial charge in [-0.3, -0.25) is 0 Å². The molecule has 0 amide bonds. The van der Waals surface area contributed by atoms with Crippen molar-refractivity contribution in [1.29, 1.82) is 0 Å². The molecule has 3 aromatic rings. The lowest BCUT2D eigenvalue weighted by Crippen LogP contribution is -2.10. The van der Waals surface area contributed by atoms with E-state index in [0.717, 1.165) is 28.5 Å². The van der Waals surface area contributed by atoms with E-state index in [0.29, 0.717) is 0 Å². The number of aromatic hydroxyl groups is 1. The Bertz CT molecular complexity index is 771. The minimum atomic E-state index is 0.164. The summed E-state index contributed by atoms with van der Waals surface area (Å²) in [5, 5.41) is 10.8. The van der Waals surface area contributed by atoms with Crippen LogP contribution in [0.15, 0.2) is 36.7 Å². The van der Waals surface area contributed by atoms with Gasteiger partial charge >= 0.3 is 0 Å². The number of rotatable bonds is 4. The molecular formula is C17H19N3OS. The maximum absolute atomic E-state index is 9.71. The number of imidazole rings is 1. The summed E-state index contributed by atoms with van der Waals surface area (Å²) in [5.41, 5.74) is 2.01. The average Bonchev–Trinajstić information content (AvgIpc) is 3.08. The lowest BCUT2D eigenvalue weighted by molar-refractivity contribution is 0.475. The number of aryl methyl sites for hydroxylation is 2. The maximum Gasteiger partial charge on any atom is 0.140 e. The molecule has 0 aliphatic carbocycles. The van der Waals surface area contributed by atoms with Crippen LogP contribution in [-0.4, -0.2) is 19.6 Å². The lowest BCUT2D eigenvalue weighted by Gasteiger charge is -2.17. The van der Waals surface area contributed by atoms with Gasteiger partial charge in [0.2, 0.25) is 0 Å². The Kier molecular flexibility index (Phi) is 3.98. The van der Waals surface area contributed by atoms with Crippen LogP contribution in [0.5, 0.6) is 5.75 Å². The van der Waals surface area contributed by atoms with Crippen molar-refractivity contribution in [1.82, 2.24) is 14.5 Å². The second-order valence-corrected chi connectivity index (χ2v) is 6.56. The highest BCUT2D eigenvalue weighted by molar-refractivity contribution is 7.11. The van der Waals surface area contributed by atoms with Crippen molar-refractivity contribution >= 4 is 11.3 Å². The summed E-state index contributed by atoms with van der Waals surface area (Å²) in [6.45, 7) is 6.31. The fourth-order valence-corrected chi connectivity index (χ4v) is 3.67. The first-order valence-electron chi connectivity index (χ1n) is 7.36. The van der Waals surface area contributed by atoms with Gasteiger partial charge < -0.3 is 9.67 Å². The molecule has 22 heavy (non-hydrogen) atoms. The van der Waals surface area contributed by atoms with E-state index in [1.807, 2.05) is 25.3 Å². The Hall–Kier alpha value is -2.14. The van der Waals surface area contributed by atoms with Gasteiger partial charge in [-0.05, 0) is 32.4 Å². The summed E-state index contributed by atoms with van der Waals surface area (Å²) in [6, 6.07) is 7.37. The van der Waals surface area contributed by atoms with Crippen molar-refractivity contribution in [3.8, 4) is 17.1 Å². The van der Waals surface area contributed by atoms with Gasteiger partial charge in [0.1, 0.15) is 16.6 Å². The van der Waals surface area contributed by atoms with Crippen molar-refractivity contribution < 1.29 is 5.11 Å². The standard InChI is InChI=1S/C17H19N3OS/c1-4-15(17-19-11(2)12(3)22-17)20-9-8-18-16(20)13-6-5-7-14(21)10-13/h5-10,15,21H,4H2,1-3H3/t15-/m1/s1. The molecule has 5 heteroatoms. The molecule has 1 atom stereocenters. The van der Waals surface area contributed by atoms with Crippen LogP contribution in [-0.2, 0) is 0 Å². The quantitative estimate of drug-likeness (QED) is 0.780. The first-order chi connectivity index (χ1) is 10.6. The molecule has 114 valence electrons. The third kappa shape index (κ3) is 2.64. The van der Waals surface area contributed by atoms with Gasteiger partial charge in [0.05, 0.1) is 11.7 Å². The van der Waals surface area contributed by atoms with Crippen LogP contribution in [0, 0.1) is 13.8 Å². The topological polar surface area (TPSA) is 50.9 Å². The highest BCUT2D eigenvalue weighted by atomic mass is 32.1. The summed E-state index contributed by atoms with van der Waals surface area (Å²) in [6.07, 6.45) is 4.73. The maximum atomic E-state index is 9.71. The third-order valence-corrected chi connectivity index (χ3v) is 5.00. The summed E-state index contributed by atoms with van der Waals surface area (Å²) >= 11 is 1.74. The van der Waals surface area contributed by atoms with Gasteiger partial charge in [-0.15, -0.1) is 11.3 Å². The number of hydrogen-bond acceptors (Lipinski definition) is 4. The molecule has 0 spiro atoms. The highest BCUT2D eigenvalue weighted by Gasteiger charge is 2.20. The molecule has 3 rings (SSSR count). The predicted molar refractivity (Wildman–Crippen MR) is 89.3 cm³/mol. The lowest BCUT2D eigenvalue weighted by atomic mass is 10.1. The number of phenols is 1. The Balaban J connectivity index is 2.06. The molecule has 1 N–H and O–H groups in total. The number of nitrogens with zero attached hydrogens (tertiary/aromatic N) is 3. The van der Waals surface area contributed by atoms with Gasteiger partial charge in [-0.25, -0.2) is 9.97 Å².